The third kappa shape index (κ3) is 0.956. The predicted molar refractivity (Wildman–Crippen MR) is 40.0 cm³/mol. The fourth-order valence-electron chi connectivity index (χ4n) is 2.12. The Morgan fingerprint density at radius 3 is 3.10 bits per heavy atom. The molecule has 0 amide bonds. The van der Waals surface area contributed by atoms with Gasteiger partial charge in [0.25, 0.3) is 0 Å². The van der Waals surface area contributed by atoms with Crippen molar-refractivity contribution < 1.29 is 4.74 Å². The van der Waals surface area contributed by atoms with E-state index in [1.54, 1.807) is 0 Å². The molecule has 1 saturated heterocycles. The quantitative estimate of drug-likeness (QED) is 0.496. The maximum absolute atomic E-state index is 5.63. The molecule has 1 aliphatic heterocycles. The maximum atomic E-state index is 5.63. The second-order valence-corrected chi connectivity index (χ2v) is 3.39. The van der Waals surface area contributed by atoms with Crippen LogP contribution in [-0.4, -0.2) is 37.2 Å². The minimum absolute atomic E-state index is 0.568. The Labute approximate surface area is 62.2 Å². The monoisotopic (exact) mass is 141 g/mol. The van der Waals surface area contributed by atoms with Gasteiger partial charge in [0.1, 0.15) is 0 Å². The molecule has 2 fully saturated rings. The fraction of sp³-hybridized carbons (Fsp3) is 1.00. The highest BCUT2D eigenvalue weighted by molar-refractivity contribution is 4.87. The molecule has 0 aromatic heterocycles. The number of ether oxygens (including phenoxy) is 1. The van der Waals surface area contributed by atoms with Crippen LogP contribution in [0, 0.1) is 0 Å². The standard InChI is InChI=1S/C8H15NO/c1-9-5-6-10-8-4-2-3-7(8)9/h7-8H,2-6H2,1H3/t7?,8-/m0/s1. The molecule has 58 valence electrons. The summed E-state index contributed by atoms with van der Waals surface area (Å²) in [7, 11) is 2.21. The van der Waals surface area contributed by atoms with Gasteiger partial charge in [0.05, 0.1) is 12.7 Å². The Balaban J connectivity index is 2.03. The first-order chi connectivity index (χ1) is 4.88. The molecule has 1 saturated carbocycles. The molecular formula is C8H15NO. The van der Waals surface area contributed by atoms with E-state index in [1.165, 1.54) is 19.3 Å². The van der Waals surface area contributed by atoms with Gasteiger partial charge < -0.3 is 4.74 Å². The topological polar surface area (TPSA) is 12.5 Å². The van der Waals surface area contributed by atoms with Crippen LogP contribution in [0.5, 0.6) is 0 Å². The van der Waals surface area contributed by atoms with Crippen LogP contribution in [0.4, 0.5) is 0 Å². The molecule has 2 atom stereocenters. The number of hydrogen-bond donors (Lipinski definition) is 0. The van der Waals surface area contributed by atoms with Crippen molar-refractivity contribution in [3.63, 3.8) is 0 Å². The lowest BCUT2D eigenvalue weighted by atomic mass is 10.1. The lowest BCUT2D eigenvalue weighted by Crippen LogP contribution is -2.45. The minimum atomic E-state index is 0.568. The van der Waals surface area contributed by atoms with Crippen LogP contribution in [-0.2, 0) is 4.74 Å². The molecular weight excluding hydrogens is 126 g/mol. The molecule has 2 nitrogen and oxygen atoms in total. The van der Waals surface area contributed by atoms with Crippen molar-refractivity contribution in [3.8, 4) is 0 Å². The first-order valence-corrected chi connectivity index (χ1v) is 4.20. The van der Waals surface area contributed by atoms with Crippen molar-refractivity contribution in [1.82, 2.24) is 4.90 Å². The van der Waals surface area contributed by atoms with Crippen LogP contribution >= 0.6 is 0 Å². The normalized spacial score (nSPS) is 41.7. The summed E-state index contributed by atoms with van der Waals surface area (Å²) in [5, 5.41) is 0. The molecule has 0 bridgehead atoms. The maximum Gasteiger partial charge on any atom is 0.0730 e. The van der Waals surface area contributed by atoms with Crippen LogP contribution in [0.2, 0.25) is 0 Å². The average molecular weight is 141 g/mol. The number of rotatable bonds is 0. The van der Waals surface area contributed by atoms with Crippen molar-refractivity contribution in [2.75, 3.05) is 20.2 Å². The summed E-state index contributed by atoms with van der Waals surface area (Å²) < 4.78 is 5.63. The first-order valence-electron chi connectivity index (χ1n) is 4.20. The van der Waals surface area contributed by atoms with Crippen molar-refractivity contribution in [2.24, 2.45) is 0 Å². The van der Waals surface area contributed by atoms with Crippen LogP contribution in [0.3, 0.4) is 0 Å². The largest absolute Gasteiger partial charge is 0.375 e. The lowest BCUT2D eigenvalue weighted by molar-refractivity contribution is -0.0453. The number of likely N-dealkylation sites (N-methyl/N-ethyl adjacent to an activating group) is 1. The molecule has 2 rings (SSSR count). The second kappa shape index (κ2) is 2.51. The van der Waals surface area contributed by atoms with Crippen molar-refractivity contribution >= 4 is 0 Å². The highest BCUT2D eigenvalue weighted by atomic mass is 16.5. The molecule has 1 aliphatic carbocycles. The molecule has 0 aromatic rings. The number of morpholine rings is 1. The zero-order valence-electron chi connectivity index (χ0n) is 6.55. The van der Waals surface area contributed by atoms with Gasteiger partial charge in [0, 0.05) is 12.6 Å². The molecule has 1 heterocycles. The highest BCUT2D eigenvalue weighted by Crippen LogP contribution is 2.28. The summed E-state index contributed by atoms with van der Waals surface area (Å²) >= 11 is 0. The second-order valence-electron chi connectivity index (χ2n) is 3.39. The summed E-state index contributed by atoms with van der Waals surface area (Å²) in [6.07, 6.45) is 4.56. The molecule has 0 aromatic carbocycles. The molecule has 0 N–H and O–H groups in total. The fourth-order valence-corrected chi connectivity index (χ4v) is 2.12. The van der Waals surface area contributed by atoms with E-state index in [4.69, 9.17) is 4.74 Å². The van der Waals surface area contributed by atoms with Gasteiger partial charge in [0.15, 0.2) is 0 Å². The van der Waals surface area contributed by atoms with Crippen LogP contribution in [0.25, 0.3) is 0 Å². The van der Waals surface area contributed by atoms with Gasteiger partial charge in [-0.2, -0.15) is 0 Å². The zero-order valence-corrected chi connectivity index (χ0v) is 6.55. The van der Waals surface area contributed by atoms with Gasteiger partial charge in [-0.25, -0.2) is 0 Å². The Morgan fingerprint density at radius 2 is 2.30 bits per heavy atom. The van der Waals surface area contributed by atoms with Gasteiger partial charge >= 0.3 is 0 Å². The highest BCUT2D eigenvalue weighted by Gasteiger charge is 2.33. The van der Waals surface area contributed by atoms with Crippen LogP contribution < -0.4 is 0 Å². The molecule has 10 heavy (non-hydrogen) atoms. The summed E-state index contributed by atoms with van der Waals surface area (Å²) in [5.41, 5.74) is 0. The van der Waals surface area contributed by atoms with E-state index in [-0.39, 0.29) is 0 Å². The first kappa shape index (κ1) is 6.62. The molecule has 2 aliphatic rings. The number of nitrogens with zero attached hydrogens (tertiary/aromatic N) is 1. The van der Waals surface area contributed by atoms with E-state index in [0.29, 0.717) is 6.10 Å². The van der Waals surface area contributed by atoms with Crippen molar-refractivity contribution in [1.29, 1.82) is 0 Å². The minimum Gasteiger partial charge on any atom is -0.375 e. The van der Waals surface area contributed by atoms with E-state index >= 15 is 0 Å². The third-order valence-corrected chi connectivity index (χ3v) is 2.76. The van der Waals surface area contributed by atoms with Gasteiger partial charge in [0.2, 0.25) is 0 Å². The number of hydrogen-bond acceptors (Lipinski definition) is 2. The van der Waals surface area contributed by atoms with E-state index in [0.717, 1.165) is 19.2 Å². The predicted octanol–water partition coefficient (Wildman–Crippen LogP) is 0.869. The van der Waals surface area contributed by atoms with E-state index in [1.807, 2.05) is 0 Å². The van der Waals surface area contributed by atoms with Crippen molar-refractivity contribution in [2.45, 2.75) is 31.4 Å². The summed E-state index contributed by atoms with van der Waals surface area (Å²) in [5.74, 6) is 0. The molecule has 0 spiro atoms. The summed E-state index contributed by atoms with van der Waals surface area (Å²) in [6.45, 7) is 2.07. The molecule has 2 heteroatoms. The summed E-state index contributed by atoms with van der Waals surface area (Å²) in [4.78, 5) is 2.45. The SMILES string of the molecule is CN1CCO[C@H]2CCCC21. The van der Waals surface area contributed by atoms with E-state index in [9.17, 15) is 0 Å². The van der Waals surface area contributed by atoms with E-state index < -0.39 is 0 Å². The zero-order chi connectivity index (χ0) is 6.97. The smallest absolute Gasteiger partial charge is 0.0730 e. The molecule has 1 unspecified atom stereocenters. The van der Waals surface area contributed by atoms with Gasteiger partial charge in [-0.05, 0) is 26.3 Å². The van der Waals surface area contributed by atoms with Crippen LogP contribution in [0.1, 0.15) is 19.3 Å². The Kier molecular flexibility index (Phi) is 1.66. The number of fused-ring (bicyclic) bond motifs is 1. The van der Waals surface area contributed by atoms with Crippen LogP contribution in [0.15, 0.2) is 0 Å². The lowest BCUT2D eigenvalue weighted by Gasteiger charge is -2.34. The van der Waals surface area contributed by atoms with Crippen molar-refractivity contribution in [3.05, 3.63) is 0 Å². The van der Waals surface area contributed by atoms with Gasteiger partial charge in [-0.15, -0.1) is 0 Å². The van der Waals surface area contributed by atoms with Gasteiger partial charge in [-0.1, -0.05) is 0 Å². The molecule has 0 radical (unpaired) electrons. The Hall–Kier alpha value is -0.0800. The Bertz CT molecular complexity index is 126. The Morgan fingerprint density at radius 1 is 1.40 bits per heavy atom. The third-order valence-electron chi connectivity index (χ3n) is 2.76. The van der Waals surface area contributed by atoms with E-state index in [2.05, 4.69) is 11.9 Å². The van der Waals surface area contributed by atoms with Gasteiger partial charge in [-0.3, -0.25) is 4.90 Å². The summed E-state index contributed by atoms with van der Waals surface area (Å²) in [6, 6.07) is 0.744. The average Bonchev–Trinajstić information content (AvgIpc) is 2.36.